The van der Waals surface area contributed by atoms with E-state index in [4.69, 9.17) is 9.15 Å². The van der Waals surface area contributed by atoms with Crippen LogP contribution in [0.4, 0.5) is 0 Å². The number of carbonyl (C=O) groups excluding carboxylic acids is 2. The highest BCUT2D eigenvalue weighted by Crippen LogP contribution is 2.40. The Hall–Kier alpha value is -3.32. The summed E-state index contributed by atoms with van der Waals surface area (Å²) < 4.78 is 11.9. The Morgan fingerprint density at radius 3 is 2.59 bits per heavy atom. The third-order valence-electron chi connectivity index (χ3n) is 5.21. The van der Waals surface area contributed by atoms with Crippen LogP contribution in [0.3, 0.4) is 0 Å². The zero-order chi connectivity index (χ0) is 22.7. The van der Waals surface area contributed by atoms with E-state index in [0.717, 1.165) is 10.9 Å². The van der Waals surface area contributed by atoms with Crippen LogP contribution in [0.2, 0.25) is 0 Å². The molecular formula is C25H22BrNO5. The van der Waals surface area contributed by atoms with Gasteiger partial charge in [-0.25, -0.2) is 0 Å². The SMILES string of the molecule is CCCOc1cccc(/C(O)=C2\C(=O)C(=O)N(Cc3ccco3)C2c2ccc(Br)cc2)c1. The van der Waals surface area contributed by atoms with Crippen molar-refractivity contribution in [1.29, 1.82) is 0 Å². The molecule has 4 rings (SSSR count). The summed E-state index contributed by atoms with van der Waals surface area (Å²) in [6.45, 7) is 2.65. The van der Waals surface area contributed by atoms with Gasteiger partial charge in [-0.1, -0.05) is 47.1 Å². The van der Waals surface area contributed by atoms with Crippen LogP contribution in [0.1, 0.15) is 36.3 Å². The lowest BCUT2D eigenvalue weighted by molar-refractivity contribution is -0.140. The molecule has 0 radical (unpaired) electrons. The van der Waals surface area contributed by atoms with E-state index in [-0.39, 0.29) is 17.9 Å². The molecule has 0 saturated carbocycles. The molecule has 3 aromatic rings. The first-order chi connectivity index (χ1) is 15.5. The maximum Gasteiger partial charge on any atom is 0.296 e. The maximum absolute atomic E-state index is 13.1. The van der Waals surface area contributed by atoms with Gasteiger partial charge in [-0.05, 0) is 48.4 Å². The Morgan fingerprint density at radius 2 is 1.91 bits per heavy atom. The summed E-state index contributed by atoms with van der Waals surface area (Å²) in [6.07, 6.45) is 2.36. The number of benzene rings is 2. The molecule has 6 nitrogen and oxygen atoms in total. The molecule has 1 atom stereocenters. The summed E-state index contributed by atoms with van der Waals surface area (Å²) in [5.74, 6) is -0.527. The van der Waals surface area contributed by atoms with Gasteiger partial charge in [0.15, 0.2) is 0 Å². The second kappa shape index (κ2) is 9.44. The molecule has 0 bridgehead atoms. The van der Waals surface area contributed by atoms with Crippen molar-refractivity contribution >= 4 is 33.4 Å². The highest BCUT2D eigenvalue weighted by atomic mass is 79.9. The highest BCUT2D eigenvalue weighted by molar-refractivity contribution is 9.10. The molecule has 1 aromatic heterocycles. The Balaban J connectivity index is 1.81. The number of ketones is 1. The first-order valence-electron chi connectivity index (χ1n) is 10.3. The zero-order valence-electron chi connectivity index (χ0n) is 17.5. The molecule has 2 heterocycles. The molecule has 0 spiro atoms. The van der Waals surface area contributed by atoms with E-state index in [9.17, 15) is 14.7 Å². The molecule has 1 aliphatic heterocycles. The number of halogens is 1. The number of aliphatic hydroxyl groups is 1. The number of furan rings is 1. The van der Waals surface area contributed by atoms with Crippen LogP contribution in [0, 0.1) is 0 Å². The van der Waals surface area contributed by atoms with Crippen LogP contribution in [0.15, 0.2) is 81.4 Å². The molecule has 2 aromatic carbocycles. The van der Waals surface area contributed by atoms with E-state index in [1.54, 1.807) is 36.4 Å². The topological polar surface area (TPSA) is 80.0 Å². The van der Waals surface area contributed by atoms with Crippen molar-refractivity contribution in [3.8, 4) is 5.75 Å². The minimum absolute atomic E-state index is 0.0384. The van der Waals surface area contributed by atoms with E-state index in [1.807, 2.05) is 31.2 Å². The van der Waals surface area contributed by atoms with Crippen LogP contribution < -0.4 is 4.74 Å². The average molecular weight is 496 g/mol. The van der Waals surface area contributed by atoms with Crippen molar-refractivity contribution in [3.63, 3.8) is 0 Å². The fraction of sp³-hybridized carbons (Fsp3) is 0.200. The average Bonchev–Trinajstić information content (AvgIpc) is 3.40. The lowest BCUT2D eigenvalue weighted by atomic mass is 9.95. The fourth-order valence-corrected chi connectivity index (χ4v) is 3.98. The van der Waals surface area contributed by atoms with E-state index in [1.165, 1.54) is 11.2 Å². The monoisotopic (exact) mass is 495 g/mol. The summed E-state index contributed by atoms with van der Waals surface area (Å²) >= 11 is 3.41. The molecule has 32 heavy (non-hydrogen) atoms. The van der Waals surface area contributed by atoms with Gasteiger partial charge >= 0.3 is 0 Å². The second-order valence-corrected chi connectivity index (χ2v) is 8.35. The molecule has 164 valence electrons. The summed E-state index contributed by atoms with van der Waals surface area (Å²) in [4.78, 5) is 27.5. The molecule has 7 heteroatoms. The number of ether oxygens (including phenoxy) is 1. The minimum Gasteiger partial charge on any atom is -0.507 e. The molecule has 0 aliphatic carbocycles. The quantitative estimate of drug-likeness (QED) is 0.267. The zero-order valence-corrected chi connectivity index (χ0v) is 19.0. The van der Waals surface area contributed by atoms with Crippen molar-refractivity contribution in [3.05, 3.63) is 93.9 Å². The van der Waals surface area contributed by atoms with Crippen molar-refractivity contribution in [2.75, 3.05) is 6.61 Å². The molecular weight excluding hydrogens is 474 g/mol. The van der Waals surface area contributed by atoms with Gasteiger partial charge in [0.2, 0.25) is 0 Å². The fourth-order valence-electron chi connectivity index (χ4n) is 3.71. The molecule has 1 amide bonds. The normalized spacial score (nSPS) is 17.7. The minimum atomic E-state index is -0.756. The Labute approximate surface area is 194 Å². The van der Waals surface area contributed by atoms with Crippen LogP contribution >= 0.6 is 15.9 Å². The number of hydrogen-bond acceptors (Lipinski definition) is 5. The Kier molecular flexibility index (Phi) is 6.46. The van der Waals surface area contributed by atoms with Gasteiger partial charge in [-0.15, -0.1) is 0 Å². The van der Waals surface area contributed by atoms with Crippen LogP contribution in [0.5, 0.6) is 5.75 Å². The van der Waals surface area contributed by atoms with Gasteiger partial charge in [0.1, 0.15) is 17.3 Å². The largest absolute Gasteiger partial charge is 0.507 e. The van der Waals surface area contributed by atoms with E-state index >= 15 is 0 Å². The van der Waals surface area contributed by atoms with Gasteiger partial charge in [-0.3, -0.25) is 9.59 Å². The third-order valence-corrected chi connectivity index (χ3v) is 5.74. The number of Topliss-reactive ketones (excluding diaryl/α,β-unsaturated/α-hetero) is 1. The van der Waals surface area contributed by atoms with Crippen LogP contribution in [-0.2, 0) is 16.1 Å². The summed E-state index contributed by atoms with van der Waals surface area (Å²) in [5.41, 5.74) is 1.16. The molecule has 1 unspecified atom stereocenters. The number of amides is 1. The van der Waals surface area contributed by atoms with Gasteiger partial charge in [0.25, 0.3) is 11.7 Å². The highest BCUT2D eigenvalue weighted by Gasteiger charge is 2.46. The first kappa shape index (κ1) is 21.9. The smallest absolute Gasteiger partial charge is 0.296 e. The predicted molar refractivity (Wildman–Crippen MR) is 123 cm³/mol. The molecule has 1 saturated heterocycles. The number of hydrogen-bond donors (Lipinski definition) is 1. The van der Waals surface area contributed by atoms with Crippen molar-refractivity contribution in [1.82, 2.24) is 4.90 Å². The van der Waals surface area contributed by atoms with Gasteiger partial charge in [0, 0.05) is 10.0 Å². The standard InChI is InChI=1S/C25H22BrNO5/c1-2-12-31-19-6-3-5-17(14-19)23(28)21-22(16-8-10-18(26)11-9-16)27(25(30)24(21)29)15-20-7-4-13-32-20/h3-11,13-14,22,28H,2,12,15H2,1H3/b23-21+. The van der Waals surface area contributed by atoms with Gasteiger partial charge < -0.3 is 19.2 Å². The summed E-state index contributed by atoms with van der Waals surface area (Å²) in [5, 5.41) is 11.2. The number of likely N-dealkylation sites (tertiary alicyclic amines) is 1. The first-order valence-corrected chi connectivity index (χ1v) is 11.1. The number of nitrogens with zero attached hydrogens (tertiary/aromatic N) is 1. The number of rotatable bonds is 7. The van der Waals surface area contributed by atoms with E-state index < -0.39 is 17.7 Å². The van der Waals surface area contributed by atoms with E-state index in [0.29, 0.717) is 29.2 Å². The van der Waals surface area contributed by atoms with Gasteiger partial charge in [-0.2, -0.15) is 0 Å². The summed E-state index contributed by atoms with van der Waals surface area (Å²) in [6, 6.07) is 16.9. The lowest BCUT2D eigenvalue weighted by Crippen LogP contribution is -2.29. The van der Waals surface area contributed by atoms with Crippen LogP contribution in [-0.4, -0.2) is 28.3 Å². The lowest BCUT2D eigenvalue weighted by Gasteiger charge is -2.24. The Bertz CT molecular complexity index is 1150. The van der Waals surface area contributed by atoms with Crippen molar-refractivity contribution in [2.24, 2.45) is 0 Å². The van der Waals surface area contributed by atoms with Crippen LogP contribution in [0.25, 0.3) is 5.76 Å². The molecule has 1 fully saturated rings. The number of carbonyl (C=O) groups is 2. The molecule has 1 N–H and O–H groups in total. The summed E-state index contributed by atoms with van der Waals surface area (Å²) in [7, 11) is 0. The predicted octanol–water partition coefficient (Wildman–Crippen LogP) is 5.45. The molecule has 1 aliphatic rings. The van der Waals surface area contributed by atoms with E-state index in [2.05, 4.69) is 15.9 Å². The third kappa shape index (κ3) is 4.34. The number of aliphatic hydroxyl groups excluding tert-OH is 1. The maximum atomic E-state index is 13.1. The van der Waals surface area contributed by atoms with Gasteiger partial charge in [0.05, 0.1) is 31.0 Å². The van der Waals surface area contributed by atoms with Crippen molar-refractivity contribution in [2.45, 2.75) is 25.9 Å². The van der Waals surface area contributed by atoms with Crippen molar-refractivity contribution < 1.29 is 23.8 Å². The Morgan fingerprint density at radius 1 is 1.12 bits per heavy atom. The second-order valence-electron chi connectivity index (χ2n) is 7.43.